The first kappa shape index (κ1) is 14.1. The van der Waals surface area contributed by atoms with Crippen LogP contribution in [-0.2, 0) is 18.4 Å². The number of hydrogen-bond acceptors (Lipinski definition) is 3. The van der Waals surface area contributed by atoms with Gasteiger partial charge in [0.15, 0.2) is 0 Å². The van der Waals surface area contributed by atoms with E-state index in [0.717, 1.165) is 30.6 Å². The maximum Gasteiger partial charge on any atom is 0.244 e. The van der Waals surface area contributed by atoms with E-state index in [1.807, 2.05) is 24.9 Å². The Bertz CT molecular complexity index is 649. The molecule has 6 nitrogen and oxygen atoms in total. The second kappa shape index (κ2) is 5.52. The zero-order valence-electron chi connectivity index (χ0n) is 12.2. The number of hydrogen-bond donors (Lipinski definition) is 0. The molecule has 21 heavy (non-hydrogen) atoms. The summed E-state index contributed by atoms with van der Waals surface area (Å²) in [5.41, 5.74) is 1.87. The van der Waals surface area contributed by atoms with Crippen LogP contribution in [0.3, 0.4) is 0 Å². The molecule has 0 aromatic carbocycles. The van der Waals surface area contributed by atoms with Crippen LogP contribution in [-0.4, -0.2) is 36.9 Å². The summed E-state index contributed by atoms with van der Waals surface area (Å²) in [7, 11) is 1.82. The fourth-order valence-corrected chi connectivity index (χ4v) is 3.31. The van der Waals surface area contributed by atoms with E-state index < -0.39 is 0 Å². The minimum absolute atomic E-state index is 0.0225. The topological polar surface area (TPSA) is 56.0 Å². The number of aryl methyl sites for hydroxylation is 2. The van der Waals surface area contributed by atoms with Crippen LogP contribution in [0, 0.1) is 6.92 Å². The smallest absolute Gasteiger partial charge is 0.244 e. The Labute approximate surface area is 128 Å². The largest absolute Gasteiger partial charge is 0.334 e. The molecule has 2 aromatic heterocycles. The molecule has 1 amide bonds. The van der Waals surface area contributed by atoms with E-state index in [1.165, 1.54) is 0 Å². The molecule has 1 fully saturated rings. The van der Waals surface area contributed by atoms with Gasteiger partial charge in [-0.25, -0.2) is 0 Å². The maximum absolute atomic E-state index is 12.5. The van der Waals surface area contributed by atoms with Crippen molar-refractivity contribution in [2.75, 3.05) is 6.54 Å². The van der Waals surface area contributed by atoms with Crippen LogP contribution in [0.25, 0.3) is 0 Å². The standard InChI is InChI=1S/C14H18ClN5O/c1-10-13(14(15)18(2)17-10)11-5-3-8-20(11)12(21)9-19-7-4-6-16-19/h4,6-7,11H,3,5,8-9H2,1-2H3. The highest BCUT2D eigenvalue weighted by Gasteiger charge is 2.34. The molecule has 3 rings (SSSR count). The van der Waals surface area contributed by atoms with E-state index in [2.05, 4.69) is 10.2 Å². The van der Waals surface area contributed by atoms with Crippen molar-refractivity contribution < 1.29 is 4.79 Å². The zero-order chi connectivity index (χ0) is 15.0. The summed E-state index contributed by atoms with van der Waals surface area (Å²) in [6.45, 7) is 2.96. The molecule has 1 aliphatic heterocycles. The van der Waals surface area contributed by atoms with Crippen LogP contribution in [0.4, 0.5) is 0 Å². The predicted molar refractivity (Wildman–Crippen MR) is 78.9 cm³/mol. The normalized spacial score (nSPS) is 18.4. The summed E-state index contributed by atoms with van der Waals surface area (Å²) in [5.74, 6) is 0.0699. The van der Waals surface area contributed by atoms with Crippen LogP contribution in [0.2, 0.25) is 5.15 Å². The van der Waals surface area contributed by atoms with Gasteiger partial charge in [0, 0.05) is 31.5 Å². The number of carbonyl (C=O) groups is 1. The van der Waals surface area contributed by atoms with Crippen LogP contribution < -0.4 is 0 Å². The second-order valence-electron chi connectivity index (χ2n) is 5.36. The van der Waals surface area contributed by atoms with E-state index in [4.69, 9.17) is 11.6 Å². The van der Waals surface area contributed by atoms with Gasteiger partial charge in [0.05, 0.1) is 11.7 Å². The lowest BCUT2D eigenvalue weighted by atomic mass is 10.1. The van der Waals surface area contributed by atoms with Crippen molar-refractivity contribution in [2.45, 2.75) is 32.4 Å². The molecule has 1 atom stereocenters. The average molecular weight is 308 g/mol. The fourth-order valence-electron chi connectivity index (χ4n) is 3.01. The third-order valence-corrected chi connectivity index (χ3v) is 4.41. The number of carbonyl (C=O) groups excluding carboxylic acids is 1. The van der Waals surface area contributed by atoms with Gasteiger partial charge in [0.25, 0.3) is 0 Å². The zero-order valence-corrected chi connectivity index (χ0v) is 12.9. The predicted octanol–water partition coefficient (Wildman–Crippen LogP) is 1.94. The van der Waals surface area contributed by atoms with Crippen molar-refractivity contribution in [1.82, 2.24) is 24.5 Å². The lowest BCUT2D eigenvalue weighted by Crippen LogP contribution is -2.33. The third kappa shape index (κ3) is 2.55. The molecule has 1 unspecified atom stereocenters. The highest BCUT2D eigenvalue weighted by Crippen LogP contribution is 2.37. The molecular weight excluding hydrogens is 290 g/mol. The van der Waals surface area contributed by atoms with Gasteiger partial charge in [-0.05, 0) is 25.8 Å². The first-order valence-corrected chi connectivity index (χ1v) is 7.41. The Morgan fingerprint density at radius 1 is 1.52 bits per heavy atom. The Morgan fingerprint density at radius 2 is 2.33 bits per heavy atom. The van der Waals surface area contributed by atoms with Crippen LogP contribution in [0.5, 0.6) is 0 Å². The minimum atomic E-state index is 0.0225. The van der Waals surface area contributed by atoms with Crippen molar-refractivity contribution in [3.05, 3.63) is 34.9 Å². The molecule has 0 radical (unpaired) electrons. The average Bonchev–Trinajstić information content (AvgIpc) is 3.13. The minimum Gasteiger partial charge on any atom is -0.334 e. The van der Waals surface area contributed by atoms with E-state index in [1.54, 1.807) is 21.8 Å². The highest BCUT2D eigenvalue weighted by atomic mass is 35.5. The van der Waals surface area contributed by atoms with Crippen molar-refractivity contribution >= 4 is 17.5 Å². The van der Waals surface area contributed by atoms with Gasteiger partial charge < -0.3 is 4.90 Å². The Kier molecular flexibility index (Phi) is 3.71. The first-order valence-electron chi connectivity index (χ1n) is 7.04. The van der Waals surface area contributed by atoms with E-state index >= 15 is 0 Å². The van der Waals surface area contributed by atoms with Crippen molar-refractivity contribution in [3.8, 4) is 0 Å². The molecule has 0 bridgehead atoms. The third-order valence-electron chi connectivity index (χ3n) is 3.96. The SMILES string of the molecule is Cc1nn(C)c(Cl)c1C1CCCN1C(=O)Cn1cccn1. The number of rotatable bonds is 3. The second-order valence-corrected chi connectivity index (χ2v) is 5.72. The molecule has 0 N–H and O–H groups in total. The van der Waals surface area contributed by atoms with E-state index in [9.17, 15) is 4.79 Å². The van der Waals surface area contributed by atoms with Crippen LogP contribution >= 0.6 is 11.6 Å². The van der Waals surface area contributed by atoms with Crippen LogP contribution in [0.1, 0.15) is 30.1 Å². The molecule has 0 spiro atoms. The van der Waals surface area contributed by atoms with Gasteiger partial charge in [0.2, 0.25) is 5.91 Å². The lowest BCUT2D eigenvalue weighted by Gasteiger charge is -2.25. The van der Waals surface area contributed by atoms with E-state index in [-0.39, 0.29) is 18.5 Å². The molecule has 112 valence electrons. The molecule has 0 saturated carbocycles. The van der Waals surface area contributed by atoms with Gasteiger partial charge in [-0.2, -0.15) is 10.2 Å². The summed E-state index contributed by atoms with van der Waals surface area (Å²) >= 11 is 6.35. The van der Waals surface area contributed by atoms with Gasteiger partial charge in [-0.15, -0.1) is 0 Å². The summed E-state index contributed by atoms with van der Waals surface area (Å²) in [6, 6.07) is 1.84. The van der Waals surface area contributed by atoms with Crippen LogP contribution in [0.15, 0.2) is 18.5 Å². The van der Waals surface area contributed by atoms with Gasteiger partial charge >= 0.3 is 0 Å². The van der Waals surface area contributed by atoms with E-state index in [0.29, 0.717) is 5.15 Å². The Morgan fingerprint density at radius 3 is 2.95 bits per heavy atom. The van der Waals surface area contributed by atoms with Gasteiger partial charge in [0.1, 0.15) is 11.7 Å². The monoisotopic (exact) mass is 307 g/mol. The molecule has 3 heterocycles. The number of likely N-dealkylation sites (tertiary alicyclic amines) is 1. The van der Waals surface area contributed by atoms with Crippen molar-refractivity contribution in [2.24, 2.45) is 7.05 Å². The fraction of sp³-hybridized carbons (Fsp3) is 0.500. The molecule has 2 aromatic rings. The molecule has 0 aliphatic carbocycles. The van der Waals surface area contributed by atoms with Crippen molar-refractivity contribution in [1.29, 1.82) is 0 Å². The maximum atomic E-state index is 12.5. The Hall–Kier alpha value is -1.82. The van der Waals surface area contributed by atoms with Gasteiger partial charge in [-0.1, -0.05) is 11.6 Å². The molecule has 1 aliphatic rings. The number of amides is 1. The highest BCUT2D eigenvalue weighted by molar-refractivity contribution is 6.30. The lowest BCUT2D eigenvalue weighted by molar-refractivity contribution is -0.133. The summed E-state index contributed by atoms with van der Waals surface area (Å²) in [5, 5.41) is 9.07. The molecule has 7 heteroatoms. The summed E-state index contributed by atoms with van der Waals surface area (Å²) in [4.78, 5) is 14.4. The molecular formula is C14H18ClN5O. The first-order chi connectivity index (χ1) is 10.1. The van der Waals surface area contributed by atoms with Crippen molar-refractivity contribution in [3.63, 3.8) is 0 Å². The number of aromatic nitrogens is 4. The quantitative estimate of drug-likeness (QED) is 0.871. The number of halogens is 1. The van der Waals surface area contributed by atoms with Gasteiger partial charge in [-0.3, -0.25) is 14.2 Å². The number of nitrogens with zero attached hydrogens (tertiary/aromatic N) is 5. The summed E-state index contributed by atoms with van der Waals surface area (Å²) < 4.78 is 3.32. The summed E-state index contributed by atoms with van der Waals surface area (Å²) in [6.07, 6.45) is 5.39. The molecule has 1 saturated heterocycles. The Balaban J connectivity index is 1.83.